The van der Waals surface area contributed by atoms with E-state index in [9.17, 15) is 5.11 Å². The van der Waals surface area contributed by atoms with Gasteiger partial charge in [-0.2, -0.15) is 4.98 Å². The molecule has 5 nitrogen and oxygen atoms in total. The zero-order valence-corrected chi connectivity index (χ0v) is 11.1. The van der Waals surface area contributed by atoms with Gasteiger partial charge in [0.1, 0.15) is 6.61 Å². The zero-order chi connectivity index (χ0) is 13.8. The second-order valence-corrected chi connectivity index (χ2v) is 4.88. The lowest BCUT2D eigenvalue weighted by Crippen LogP contribution is -2.22. The molecule has 0 saturated carbocycles. The fourth-order valence-electron chi connectivity index (χ4n) is 2.24. The van der Waals surface area contributed by atoms with Crippen molar-refractivity contribution in [3.05, 3.63) is 48.3 Å². The molecule has 2 heterocycles. The fraction of sp³-hybridized carbons (Fsp3) is 0.333. The number of aliphatic hydroxyl groups excluding tert-OH is 1. The Balaban J connectivity index is 1.65. The Kier molecular flexibility index (Phi) is 3.78. The van der Waals surface area contributed by atoms with Crippen LogP contribution < -0.4 is 9.64 Å². The summed E-state index contributed by atoms with van der Waals surface area (Å²) in [5, 5.41) is 9.56. The molecule has 0 amide bonds. The highest BCUT2D eigenvalue weighted by molar-refractivity contribution is 5.39. The number of anilines is 1. The maximum Gasteiger partial charge on any atom is 0.234 e. The molecule has 1 N–H and O–H groups in total. The Morgan fingerprint density at radius 3 is 2.85 bits per heavy atom. The summed E-state index contributed by atoms with van der Waals surface area (Å²) < 4.78 is 5.66. The Hall–Kier alpha value is -2.14. The number of benzene rings is 1. The number of hydrogen-bond acceptors (Lipinski definition) is 5. The van der Waals surface area contributed by atoms with Crippen LogP contribution >= 0.6 is 0 Å². The molecule has 0 bridgehead atoms. The Morgan fingerprint density at radius 2 is 2.10 bits per heavy atom. The highest BCUT2D eigenvalue weighted by Crippen LogP contribution is 2.19. The molecule has 104 valence electrons. The number of aromatic nitrogens is 2. The number of hydrogen-bond donors (Lipinski definition) is 1. The van der Waals surface area contributed by atoms with Crippen LogP contribution in [0, 0.1) is 0 Å². The number of rotatable bonds is 4. The molecule has 5 heteroatoms. The van der Waals surface area contributed by atoms with Crippen molar-refractivity contribution in [1.82, 2.24) is 9.97 Å². The molecule has 3 rings (SSSR count). The molecule has 1 saturated heterocycles. The average molecular weight is 271 g/mol. The van der Waals surface area contributed by atoms with Gasteiger partial charge in [-0.25, -0.2) is 0 Å². The van der Waals surface area contributed by atoms with Crippen molar-refractivity contribution in [3.63, 3.8) is 0 Å². The van der Waals surface area contributed by atoms with Gasteiger partial charge in [0.15, 0.2) is 5.82 Å². The van der Waals surface area contributed by atoms with Gasteiger partial charge in [-0.3, -0.25) is 4.98 Å². The molecule has 1 fully saturated rings. The monoisotopic (exact) mass is 271 g/mol. The van der Waals surface area contributed by atoms with Crippen LogP contribution in [0.4, 0.5) is 5.82 Å². The Morgan fingerprint density at radius 1 is 1.25 bits per heavy atom. The first-order valence-electron chi connectivity index (χ1n) is 6.73. The Labute approximate surface area is 117 Å². The topological polar surface area (TPSA) is 58.5 Å². The van der Waals surface area contributed by atoms with E-state index < -0.39 is 0 Å². The maximum absolute atomic E-state index is 9.56. The third kappa shape index (κ3) is 3.05. The standard InChI is InChI=1S/C15H17N3O2/c19-13-6-7-18(10-13)14-8-16-9-15(17-14)20-11-12-4-2-1-3-5-12/h1-5,8-9,13,19H,6-7,10-11H2/t13-/m1/s1. The lowest BCUT2D eigenvalue weighted by atomic mass is 10.2. The molecule has 0 aliphatic carbocycles. The quantitative estimate of drug-likeness (QED) is 0.916. The van der Waals surface area contributed by atoms with E-state index in [0.29, 0.717) is 19.0 Å². The third-order valence-electron chi connectivity index (χ3n) is 3.32. The SMILES string of the molecule is O[C@@H]1CCN(c2cncc(OCc3ccccc3)n2)C1. The van der Waals surface area contributed by atoms with Crippen LogP contribution in [-0.2, 0) is 6.61 Å². The van der Waals surface area contributed by atoms with Crippen LogP contribution in [0.5, 0.6) is 5.88 Å². The van der Waals surface area contributed by atoms with Crippen LogP contribution in [-0.4, -0.2) is 34.3 Å². The average Bonchev–Trinajstić information content (AvgIpc) is 2.93. The van der Waals surface area contributed by atoms with E-state index in [1.807, 2.05) is 35.2 Å². The van der Waals surface area contributed by atoms with Crippen molar-refractivity contribution in [2.75, 3.05) is 18.0 Å². The minimum absolute atomic E-state index is 0.273. The van der Waals surface area contributed by atoms with Gasteiger partial charge in [0.2, 0.25) is 5.88 Å². The number of β-amino-alcohol motifs (C(OH)–C–C–N with tert-alkyl or cyclic N) is 1. The molecule has 0 unspecified atom stereocenters. The van der Waals surface area contributed by atoms with Crippen molar-refractivity contribution < 1.29 is 9.84 Å². The first-order valence-corrected chi connectivity index (χ1v) is 6.73. The summed E-state index contributed by atoms with van der Waals surface area (Å²) >= 11 is 0. The predicted octanol–water partition coefficient (Wildman–Crippen LogP) is 1.63. The normalized spacial score (nSPS) is 18.2. The van der Waals surface area contributed by atoms with Crippen molar-refractivity contribution in [2.45, 2.75) is 19.1 Å². The summed E-state index contributed by atoms with van der Waals surface area (Å²) in [6.45, 7) is 1.89. The predicted molar refractivity (Wildman–Crippen MR) is 75.6 cm³/mol. The van der Waals surface area contributed by atoms with Crippen LogP contribution in [0.2, 0.25) is 0 Å². The molecule has 1 aromatic carbocycles. The van der Waals surface area contributed by atoms with E-state index in [4.69, 9.17) is 4.74 Å². The third-order valence-corrected chi connectivity index (χ3v) is 3.32. The first-order chi connectivity index (χ1) is 9.81. The van der Waals surface area contributed by atoms with E-state index in [1.165, 1.54) is 0 Å². The molecule has 1 aromatic heterocycles. The molecular formula is C15H17N3O2. The summed E-state index contributed by atoms with van der Waals surface area (Å²) in [5.41, 5.74) is 1.09. The van der Waals surface area contributed by atoms with Gasteiger partial charge in [-0.05, 0) is 12.0 Å². The van der Waals surface area contributed by atoms with Gasteiger partial charge in [-0.1, -0.05) is 30.3 Å². The van der Waals surface area contributed by atoms with E-state index in [-0.39, 0.29) is 6.10 Å². The Bertz CT molecular complexity index is 562. The number of nitrogens with zero attached hydrogens (tertiary/aromatic N) is 3. The van der Waals surface area contributed by atoms with Crippen LogP contribution in [0.15, 0.2) is 42.7 Å². The molecular weight excluding hydrogens is 254 g/mol. The summed E-state index contributed by atoms with van der Waals surface area (Å²) in [6, 6.07) is 9.95. The van der Waals surface area contributed by atoms with Crippen LogP contribution in [0.3, 0.4) is 0 Å². The van der Waals surface area contributed by atoms with Gasteiger partial charge in [-0.15, -0.1) is 0 Å². The highest BCUT2D eigenvalue weighted by atomic mass is 16.5. The van der Waals surface area contributed by atoms with E-state index in [1.54, 1.807) is 12.4 Å². The van der Waals surface area contributed by atoms with Crippen molar-refractivity contribution in [2.24, 2.45) is 0 Å². The lowest BCUT2D eigenvalue weighted by molar-refractivity contribution is 0.198. The molecule has 0 radical (unpaired) electrons. The van der Waals surface area contributed by atoms with Gasteiger partial charge < -0.3 is 14.7 Å². The summed E-state index contributed by atoms with van der Waals surface area (Å²) in [6.07, 6.45) is 3.81. The van der Waals surface area contributed by atoms with Crippen molar-refractivity contribution in [3.8, 4) is 5.88 Å². The molecule has 20 heavy (non-hydrogen) atoms. The van der Waals surface area contributed by atoms with Gasteiger partial charge in [0, 0.05) is 13.1 Å². The van der Waals surface area contributed by atoms with Gasteiger partial charge in [0.05, 0.1) is 18.5 Å². The van der Waals surface area contributed by atoms with Crippen LogP contribution in [0.1, 0.15) is 12.0 Å². The van der Waals surface area contributed by atoms with Crippen LogP contribution in [0.25, 0.3) is 0 Å². The fourth-order valence-corrected chi connectivity index (χ4v) is 2.24. The summed E-state index contributed by atoms with van der Waals surface area (Å²) in [5.74, 6) is 1.26. The second kappa shape index (κ2) is 5.88. The zero-order valence-electron chi connectivity index (χ0n) is 11.1. The first kappa shape index (κ1) is 12.9. The van der Waals surface area contributed by atoms with Crippen molar-refractivity contribution in [1.29, 1.82) is 0 Å². The second-order valence-electron chi connectivity index (χ2n) is 4.88. The summed E-state index contributed by atoms with van der Waals surface area (Å²) in [7, 11) is 0. The minimum Gasteiger partial charge on any atom is -0.472 e. The van der Waals surface area contributed by atoms with E-state index >= 15 is 0 Å². The largest absolute Gasteiger partial charge is 0.472 e. The molecule has 1 atom stereocenters. The number of aliphatic hydroxyl groups is 1. The highest BCUT2D eigenvalue weighted by Gasteiger charge is 2.21. The van der Waals surface area contributed by atoms with Crippen molar-refractivity contribution >= 4 is 5.82 Å². The smallest absolute Gasteiger partial charge is 0.234 e. The maximum atomic E-state index is 9.56. The van der Waals surface area contributed by atoms with E-state index in [2.05, 4.69) is 9.97 Å². The molecule has 1 aliphatic rings. The molecule has 0 spiro atoms. The van der Waals surface area contributed by atoms with Gasteiger partial charge >= 0.3 is 0 Å². The minimum atomic E-state index is -0.273. The molecule has 1 aliphatic heterocycles. The van der Waals surface area contributed by atoms with E-state index in [0.717, 1.165) is 24.3 Å². The lowest BCUT2D eigenvalue weighted by Gasteiger charge is -2.16. The number of ether oxygens (including phenoxy) is 1. The summed E-state index contributed by atoms with van der Waals surface area (Å²) in [4.78, 5) is 10.6. The molecule has 2 aromatic rings. The van der Waals surface area contributed by atoms with Gasteiger partial charge in [0.25, 0.3) is 0 Å².